The zero-order valence-electron chi connectivity index (χ0n) is 12.8. The molecule has 0 aromatic heterocycles. The molecule has 2 heteroatoms. The first-order chi connectivity index (χ1) is 10.4. The van der Waals surface area contributed by atoms with Gasteiger partial charge >= 0.3 is 0 Å². The second kappa shape index (κ2) is 9.19. The van der Waals surface area contributed by atoms with Crippen molar-refractivity contribution in [1.82, 2.24) is 0 Å². The van der Waals surface area contributed by atoms with E-state index in [-0.39, 0.29) is 0 Å². The van der Waals surface area contributed by atoms with E-state index in [1.165, 1.54) is 23.2 Å². The maximum atomic E-state index is 5.59. The minimum atomic E-state index is 0.764. The monoisotopic (exact) mass is 283 g/mol. The summed E-state index contributed by atoms with van der Waals surface area (Å²) in [7, 11) is 0. The van der Waals surface area contributed by atoms with Crippen LogP contribution in [0, 0.1) is 0 Å². The molecule has 1 N–H and O–H groups in total. The van der Waals surface area contributed by atoms with Crippen molar-refractivity contribution in [3.8, 4) is 0 Å². The molecule has 2 nitrogen and oxygen atoms in total. The van der Waals surface area contributed by atoms with Crippen molar-refractivity contribution in [2.24, 2.45) is 0 Å². The van der Waals surface area contributed by atoms with Gasteiger partial charge in [0.2, 0.25) is 0 Å². The lowest BCUT2D eigenvalue weighted by Crippen LogP contribution is -2.11. The molecule has 0 unspecified atom stereocenters. The lowest BCUT2D eigenvalue weighted by Gasteiger charge is -2.12. The summed E-state index contributed by atoms with van der Waals surface area (Å²) in [6.07, 6.45) is 3.29. The summed E-state index contributed by atoms with van der Waals surface area (Å²) in [4.78, 5) is 0. The lowest BCUT2D eigenvalue weighted by atomic mass is 10.0. The van der Waals surface area contributed by atoms with Crippen LogP contribution in [0.5, 0.6) is 0 Å². The van der Waals surface area contributed by atoms with Gasteiger partial charge in [0.15, 0.2) is 0 Å². The van der Waals surface area contributed by atoms with Gasteiger partial charge in [-0.2, -0.15) is 0 Å². The summed E-state index contributed by atoms with van der Waals surface area (Å²) in [5, 5.41) is 3.49. The molecule has 2 aromatic rings. The van der Waals surface area contributed by atoms with E-state index in [0.717, 1.165) is 32.6 Å². The average Bonchev–Trinajstić information content (AvgIpc) is 2.53. The Kier molecular flexibility index (Phi) is 6.82. The van der Waals surface area contributed by atoms with Gasteiger partial charge in [-0.3, -0.25) is 0 Å². The van der Waals surface area contributed by atoms with E-state index in [9.17, 15) is 0 Å². The van der Waals surface area contributed by atoms with Gasteiger partial charge in [-0.25, -0.2) is 0 Å². The predicted octanol–water partition coefficient (Wildman–Crippen LogP) is 4.51. The number of nitrogens with one attached hydrogen (secondary N) is 1. The minimum Gasteiger partial charge on any atom is -0.382 e. The molecule has 0 saturated heterocycles. The highest BCUT2D eigenvalue weighted by molar-refractivity contribution is 5.52. The first kappa shape index (κ1) is 15.6. The number of hydrogen-bond donors (Lipinski definition) is 1. The molecule has 0 aliphatic rings. The van der Waals surface area contributed by atoms with E-state index in [0.29, 0.717) is 0 Å². The highest BCUT2D eigenvalue weighted by atomic mass is 16.5. The standard InChI is InChI=1S/C19H25NO/c1-2-3-14-21-15-13-20-19-12-8-7-11-18(19)16-17-9-5-4-6-10-17/h4-12,20H,2-3,13-16H2,1H3. The van der Waals surface area contributed by atoms with Gasteiger partial charge in [-0.05, 0) is 30.0 Å². The topological polar surface area (TPSA) is 21.3 Å². The number of unbranched alkanes of at least 4 members (excludes halogenated alkanes) is 1. The normalized spacial score (nSPS) is 10.5. The molecule has 112 valence electrons. The van der Waals surface area contributed by atoms with Crippen LogP contribution in [0.4, 0.5) is 5.69 Å². The summed E-state index contributed by atoms with van der Waals surface area (Å²) in [6, 6.07) is 19.1. The third kappa shape index (κ3) is 5.60. The molecule has 0 bridgehead atoms. The molecule has 0 amide bonds. The largest absolute Gasteiger partial charge is 0.382 e. The quantitative estimate of drug-likeness (QED) is 0.684. The first-order valence-corrected chi connectivity index (χ1v) is 7.83. The Labute approximate surface area is 128 Å². The highest BCUT2D eigenvalue weighted by Gasteiger charge is 2.02. The predicted molar refractivity (Wildman–Crippen MR) is 89.9 cm³/mol. The van der Waals surface area contributed by atoms with Crippen LogP contribution in [0.3, 0.4) is 0 Å². The van der Waals surface area contributed by atoms with Crippen molar-refractivity contribution in [1.29, 1.82) is 0 Å². The fourth-order valence-electron chi connectivity index (χ4n) is 2.27. The molecule has 0 spiro atoms. The van der Waals surface area contributed by atoms with Crippen molar-refractivity contribution in [2.75, 3.05) is 25.1 Å². The smallest absolute Gasteiger partial charge is 0.0639 e. The van der Waals surface area contributed by atoms with Crippen molar-refractivity contribution >= 4 is 5.69 Å². The van der Waals surface area contributed by atoms with E-state index in [4.69, 9.17) is 4.74 Å². The summed E-state index contributed by atoms with van der Waals surface area (Å²) in [5.74, 6) is 0. The van der Waals surface area contributed by atoms with Crippen LogP contribution in [-0.4, -0.2) is 19.8 Å². The van der Waals surface area contributed by atoms with Crippen molar-refractivity contribution in [3.63, 3.8) is 0 Å². The maximum Gasteiger partial charge on any atom is 0.0639 e. The van der Waals surface area contributed by atoms with E-state index in [1.807, 2.05) is 0 Å². The molecule has 0 fully saturated rings. The number of benzene rings is 2. The van der Waals surface area contributed by atoms with E-state index in [2.05, 4.69) is 66.8 Å². The molecule has 0 heterocycles. The van der Waals surface area contributed by atoms with Gasteiger partial charge in [-0.1, -0.05) is 61.9 Å². The van der Waals surface area contributed by atoms with Crippen LogP contribution in [0.1, 0.15) is 30.9 Å². The van der Waals surface area contributed by atoms with Gasteiger partial charge in [-0.15, -0.1) is 0 Å². The Bertz CT molecular complexity index is 510. The molecule has 2 rings (SSSR count). The fourth-order valence-corrected chi connectivity index (χ4v) is 2.27. The molecule has 0 aliphatic carbocycles. The van der Waals surface area contributed by atoms with Gasteiger partial charge in [0, 0.05) is 18.8 Å². The summed E-state index contributed by atoms with van der Waals surface area (Å²) in [6.45, 7) is 4.67. The number of rotatable bonds is 9. The van der Waals surface area contributed by atoms with Crippen molar-refractivity contribution in [3.05, 3.63) is 65.7 Å². The second-order valence-corrected chi connectivity index (χ2v) is 5.21. The fraction of sp³-hybridized carbons (Fsp3) is 0.368. The zero-order chi connectivity index (χ0) is 14.8. The molecule has 0 radical (unpaired) electrons. The maximum absolute atomic E-state index is 5.59. The Morgan fingerprint density at radius 2 is 1.67 bits per heavy atom. The van der Waals surface area contributed by atoms with E-state index >= 15 is 0 Å². The van der Waals surface area contributed by atoms with Gasteiger partial charge in [0.05, 0.1) is 6.61 Å². The van der Waals surface area contributed by atoms with Gasteiger partial charge in [0.25, 0.3) is 0 Å². The molecular formula is C19H25NO. The first-order valence-electron chi connectivity index (χ1n) is 7.83. The molecule has 0 saturated carbocycles. The van der Waals surface area contributed by atoms with Crippen molar-refractivity contribution < 1.29 is 4.74 Å². The summed E-state index contributed by atoms with van der Waals surface area (Å²) in [5.41, 5.74) is 3.88. The Morgan fingerprint density at radius 1 is 0.905 bits per heavy atom. The number of hydrogen-bond acceptors (Lipinski definition) is 2. The van der Waals surface area contributed by atoms with Crippen LogP contribution in [0.25, 0.3) is 0 Å². The average molecular weight is 283 g/mol. The molecule has 2 aromatic carbocycles. The number of para-hydroxylation sites is 1. The number of ether oxygens (including phenoxy) is 1. The Hall–Kier alpha value is -1.80. The Morgan fingerprint density at radius 3 is 2.48 bits per heavy atom. The van der Waals surface area contributed by atoms with E-state index in [1.54, 1.807) is 0 Å². The van der Waals surface area contributed by atoms with Crippen molar-refractivity contribution in [2.45, 2.75) is 26.2 Å². The third-order valence-corrected chi connectivity index (χ3v) is 3.46. The minimum absolute atomic E-state index is 0.764. The third-order valence-electron chi connectivity index (χ3n) is 3.46. The van der Waals surface area contributed by atoms with Gasteiger partial charge < -0.3 is 10.1 Å². The highest BCUT2D eigenvalue weighted by Crippen LogP contribution is 2.18. The molecule has 21 heavy (non-hydrogen) atoms. The SMILES string of the molecule is CCCCOCCNc1ccccc1Cc1ccccc1. The summed E-state index contributed by atoms with van der Waals surface area (Å²) >= 11 is 0. The van der Waals surface area contributed by atoms with Crippen LogP contribution in [-0.2, 0) is 11.2 Å². The van der Waals surface area contributed by atoms with Crippen LogP contribution in [0.15, 0.2) is 54.6 Å². The molecule has 0 aliphatic heterocycles. The van der Waals surface area contributed by atoms with Crippen LogP contribution in [0.2, 0.25) is 0 Å². The zero-order valence-corrected chi connectivity index (χ0v) is 12.8. The molecular weight excluding hydrogens is 258 g/mol. The van der Waals surface area contributed by atoms with Gasteiger partial charge in [0.1, 0.15) is 0 Å². The van der Waals surface area contributed by atoms with Crippen LogP contribution < -0.4 is 5.32 Å². The molecule has 0 atom stereocenters. The summed E-state index contributed by atoms with van der Waals surface area (Å²) < 4.78 is 5.59. The van der Waals surface area contributed by atoms with E-state index < -0.39 is 0 Å². The Balaban J connectivity index is 1.85. The number of anilines is 1. The van der Waals surface area contributed by atoms with Crippen LogP contribution >= 0.6 is 0 Å². The lowest BCUT2D eigenvalue weighted by molar-refractivity contribution is 0.141. The second-order valence-electron chi connectivity index (χ2n) is 5.21.